The molecule has 0 aliphatic rings. The third kappa shape index (κ3) is 3.24. The van der Waals surface area contributed by atoms with Crippen molar-refractivity contribution in [1.29, 1.82) is 0 Å². The lowest BCUT2D eigenvalue weighted by Gasteiger charge is -2.09. The summed E-state index contributed by atoms with van der Waals surface area (Å²) in [5.41, 5.74) is 7.39. The highest BCUT2D eigenvalue weighted by atomic mass is 16.5. The van der Waals surface area contributed by atoms with E-state index in [9.17, 15) is 0 Å². The first-order chi connectivity index (χ1) is 8.13. The summed E-state index contributed by atoms with van der Waals surface area (Å²) in [7, 11) is 0. The minimum absolute atomic E-state index is 0.191. The van der Waals surface area contributed by atoms with Crippen LogP contribution < -0.4 is 10.5 Å². The Balaban J connectivity index is 2.03. The van der Waals surface area contributed by atoms with Gasteiger partial charge in [-0.2, -0.15) is 4.98 Å². The SMILES string of the molecule is CC(C)Oc1ccc(Cc2coc(N)n2)cc1. The fourth-order valence-electron chi connectivity index (χ4n) is 1.57. The van der Waals surface area contributed by atoms with Gasteiger partial charge in [0, 0.05) is 6.42 Å². The van der Waals surface area contributed by atoms with Crippen LogP contribution in [0.1, 0.15) is 25.1 Å². The zero-order chi connectivity index (χ0) is 12.3. The minimum atomic E-state index is 0.191. The zero-order valence-electron chi connectivity index (χ0n) is 10.0. The Kier molecular flexibility index (Phi) is 3.32. The van der Waals surface area contributed by atoms with Gasteiger partial charge in [-0.25, -0.2) is 0 Å². The highest BCUT2D eigenvalue weighted by molar-refractivity contribution is 5.30. The number of nitrogens with two attached hydrogens (primary N) is 1. The van der Waals surface area contributed by atoms with Crippen molar-refractivity contribution in [3.05, 3.63) is 41.8 Å². The molecule has 0 aliphatic heterocycles. The van der Waals surface area contributed by atoms with Crippen molar-refractivity contribution in [2.45, 2.75) is 26.4 Å². The van der Waals surface area contributed by atoms with Crippen molar-refractivity contribution in [1.82, 2.24) is 4.98 Å². The first-order valence-corrected chi connectivity index (χ1v) is 5.59. The van der Waals surface area contributed by atoms with E-state index in [1.165, 1.54) is 0 Å². The van der Waals surface area contributed by atoms with Crippen LogP contribution in [0.3, 0.4) is 0 Å². The Morgan fingerprint density at radius 1 is 1.29 bits per heavy atom. The van der Waals surface area contributed by atoms with E-state index in [0.29, 0.717) is 6.42 Å². The average molecular weight is 232 g/mol. The normalized spacial score (nSPS) is 10.8. The van der Waals surface area contributed by atoms with E-state index in [1.54, 1.807) is 6.26 Å². The predicted molar refractivity (Wildman–Crippen MR) is 65.9 cm³/mol. The van der Waals surface area contributed by atoms with Gasteiger partial charge in [-0.15, -0.1) is 0 Å². The average Bonchev–Trinajstić information content (AvgIpc) is 2.66. The number of ether oxygens (including phenoxy) is 1. The highest BCUT2D eigenvalue weighted by Crippen LogP contribution is 2.16. The van der Waals surface area contributed by atoms with Crippen LogP contribution in [-0.4, -0.2) is 11.1 Å². The monoisotopic (exact) mass is 232 g/mol. The predicted octanol–water partition coefficient (Wildman–Crippen LogP) is 2.63. The van der Waals surface area contributed by atoms with Crippen molar-refractivity contribution in [2.75, 3.05) is 5.73 Å². The van der Waals surface area contributed by atoms with Gasteiger partial charge in [0.15, 0.2) is 0 Å². The van der Waals surface area contributed by atoms with Gasteiger partial charge < -0.3 is 14.9 Å². The lowest BCUT2D eigenvalue weighted by Crippen LogP contribution is -2.05. The molecule has 0 aliphatic carbocycles. The Labute approximate surface area is 100 Å². The summed E-state index contributed by atoms with van der Waals surface area (Å²) in [6.45, 7) is 4.01. The van der Waals surface area contributed by atoms with Crippen molar-refractivity contribution in [2.24, 2.45) is 0 Å². The summed E-state index contributed by atoms with van der Waals surface area (Å²) >= 11 is 0. The molecular formula is C13H16N2O2. The lowest BCUT2D eigenvalue weighted by atomic mass is 10.1. The third-order valence-corrected chi connectivity index (χ3v) is 2.25. The molecule has 2 aromatic rings. The van der Waals surface area contributed by atoms with E-state index in [-0.39, 0.29) is 12.1 Å². The quantitative estimate of drug-likeness (QED) is 0.880. The zero-order valence-corrected chi connectivity index (χ0v) is 10.0. The maximum Gasteiger partial charge on any atom is 0.292 e. The maximum atomic E-state index is 5.57. The van der Waals surface area contributed by atoms with Gasteiger partial charge in [-0.05, 0) is 31.5 Å². The molecule has 17 heavy (non-hydrogen) atoms. The van der Waals surface area contributed by atoms with E-state index in [1.807, 2.05) is 38.1 Å². The van der Waals surface area contributed by atoms with Gasteiger partial charge in [0.05, 0.1) is 11.8 Å². The Hall–Kier alpha value is -1.97. The van der Waals surface area contributed by atoms with Gasteiger partial charge in [0.25, 0.3) is 6.01 Å². The summed E-state index contributed by atoms with van der Waals surface area (Å²) in [6, 6.07) is 8.16. The molecule has 4 nitrogen and oxygen atoms in total. The highest BCUT2D eigenvalue weighted by Gasteiger charge is 2.03. The number of nitrogen functional groups attached to an aromatic ring is 1. The maximum absolute atomic E-state index is 5.57. The Morgan fingerprint density at radius 3 is 2.53 bits per heavy atom. The minimum Gasteiger partial charge on any atom is -0.491 e. The molecule has 0 spiro atoms. The Morgan fingerprint density at radius 2 is 2.00 bits per heavy atom. The molecule has 4 heteroatoms. The van der Waals surface area contributed by atoms with Crippen LogP contribution in [0, 0.1) is 0 Å². The van der Waals surface area contributed by atoms with Crippen LogP contribution in [0.5, 0.6) is 5.75 Å². The second-order valence-corrected chi connectivity index (χ2v) is 4.16. The number of oxazole rings is 1. The molecule has 0 bridgehead atoms. The van der Waals surface area contributed by atoms with E-state index in [4.69, 9.17) is 14.9 Å². The number of hydrogen-bond donors (Lipinski definition) is 1. The van der Waals surface area contributed by atoms with Crippen molar-refractivity contribution in [3.8, 4) is 5.75 Å². The summed E-state index contributed by atoms with van der Waals surface area (Å²) in [5, 5.41) is 0. The molecule has 0 radical (unpaired) electrons. The molecular weight excluding hydrogens is 216 g/mol. The molecule has 2 N–H and O–H groups in total. The van der Waals surface area contributed by atoms with Crippen molar-refractivity contribution < 1.29 is 9.15 Å². The topological polar surface area (TPSA) is 61.3 Å². The fourth-order valence-corrected chi connectivity index (χ4v) is 1.57. The van der Waals surface area contributed by atoms with Crippen LogP contribution in [0.25, 0.3) is 0 Å². The fraction of sp³-hybridized carbons (Fsp3) is 0.308. The third-order valence-electron chi connectivity index (χ3n) is 2.25. The number of aromatic nitrogens is 1. The first-order valence-electron chi connectivity index (χ1n) is 5.59. The molecule has 0 fully saturated rings. The van der Waals surface area contributed by atoms with Crippen molar-refractivity contribution >= 4 is 6.01 Å². The molecule has 0 saturated carbocycles. The van der Waals surface area contributed by atoms with E-state index >= 15 is 0 Å². The van der Waals surface area contributed by atoms with Gasteiger partial charge >= 0.3 is 0 Å². The molecule has 0 atom stereocenters. The summed E-state index contributed by atoms with van der Waals surface area (Å²) < 4.78 is 10.5. The van der Waals surface area contributed by atoms with Crippen LogP contribution >= 0.6 is 0 Å². The second-order valence-electron chi connectivity index (χ2n) is 4.16. The van der Waals surface area contributed by atoms with Gasteiger partial charge in [-0.1, -0.05) is 12.1 Å². The largest absolute Gasteiger partial charge is 0.491 e. The van der Waals surface area contributed by atoms with Crippen LogP contribution in [0.15, 0.2) is 34.9 Å². The van der Waals surface area contributed by atoms with E-state index in [0.717, 1.165) is 17.0 Å². The molecule has 1 heterocycles. The van der Waals surface area contributed by atoms with Gasteiger partial charge in [-0.3, -0.25) is 0 Å². The molecule has 90 valence electrons. The van der Waals surface area contributed by atoms with Crippen molar-refractivity contribution in [3.63, 3.8) is 0 Å². The first kappa shape index (κ1) is 11.5. The number of hydrogen-bond acceptors (Lipinski definition) is 4. The van der Waals surface area contributed by atoms with Gasteiger partial charge in [0.1, 0.15) is 12.0 Å². The molecule has 2 rings (SSSR count). The number of rotatable bonds is 4. The molecule has 0 amide bonds. The lowest BCUT2D eigenvalue weighted by molar-refractivity contribution is 0.242. The summed E-state index contributed by atoms with van der Waals surface area (Å²) in [5.74, 6) is 0.878. The molecule has 0 saturated heterocycles. The second kappa shape index (κ2) is 4.91. The van der Waals surface area contributed by atoms with Crippen LogP contribution in [0.4, 0.5) is 6.01 Å². The molecule has 1 aromatic heterocycles. The smallest absolute Gasteiger partial charge is 0.292 e. The Bertz CT molecular complexity index is 474. The summed E-state index contributed by atoms with van der Waals surface area (Å²) in [6.07, 6.45) is 2.48. The van der Waals surface area contributed by atoms with Crippen LogP contribution in [0.2, 0.25) is 0 Å². The number of benzene rings is 1. The van der Waals surface area contributed by atoms with Crippen LogP contribution in [-0.2, 0) is 6.42 Å². The standard InChI is InChI=1S/C13H16N2O2/c1-9(2)17-12-5-3-10(4-6-12)7-11-8-16-13(14)15-11/h3-6,8-9H,7H2,1-2H3,(H2,14,15). The number of nitrogens with zero attached hydrogens (tertiary/aromatic N) is 1. The van der Waals surface area contributed by atoms with Gasteiger partial charge in [0.2, 0.25) is 0 Å². The molecule has 0 unspecified atom stereocenters. The van der Waals surface area contributed by atoms with E-state index < -0.39 is 0 Å². The summed E-state index contributed by atoms with van der Waals surface area (Å²) in [4.78, 5) is 4.06. The number of anilines is 1. The van der Waals surface area contributed by atoms with E-state index in [2.05, 4.69) is 4.98 Å². The molecule has 1 aromatic carbocycles.